The van der Waals surface area contributed by atoms with Gasteiger partial charge in [-0.05, 0) is 43.7 Å². The second-order valence-electron chi connectivity index (χ2n) is 7.32. The maximum atomic E-state index is 13.0. The molecule has 158 valence electrons. The molecular weight excluding hydrogens is 394 g/mol. The van der Waals surface area contributed by atoms with Gasteiger partial charge in [-0.3, -0.25) is 9.59 Å². The van der Waals surface area contributed by atoms with Crippen LogP contribution in [0.15, 0.2) is 76.7 Å². The van der Waals surface area contributed by atoms with E-state index in [1.807, 2.05) is 37.3 Å². The number of nitrogens with zero attached hydrogens (tertiary/aromatic N) is 1. The fourth-order valence-electron chi connectivity index (χ4n) is 3.77. The van der Waals surface area contributed by atoms with Gasteiger partial charge in [0.25, 0.3) is 11.7 Å². The molecule has 1 fully saturated rings. The predicted octanol–water partition coefficient (Wildman–Crippen LogP) is 4.61. The maximum Gasteiger partial charge on any atom is 0.296 e. The van der Waals surface area contributed by atoms with Gasteiger partial charge in [0, 0.05) is 12.1 Å². The SMILES string of the molecule is CCOc1cccc(C(O)=C2C(=O)C(=O)N(Cc3ccccc3)C2c2ccc(C)o2)c1. The summed E-state index contributed by atoms with van der Waals surface area (Å²) in [5.41, 5.74) is 1.27. The molecular formula is C25H23NO5. The predicted molar refractivity (Wildman–Crippen MR) is 115 cm³/mol. The Hall–Kier alpha value is -3.80. The van der Waals surface area contributed by atoms with E-state index in [0.29, 0.717) is 29.4 Å². The minimum atomic E-state index is -0.829. The third-order valence-electron chi connectivity index (χ3n) is 5.18. The first-order chi connectivity index (χ1) is 15.0. The lowest BCUT2D eigenvalue weighted by molar-refractivity contribution is -0.140. The summed E-state index contributed by atoms with van der Waals surface area (Å²) < 4.78 is 11.3. The molecule has 1 aromatic heterocycles. The van der Waals surface area contributed by atoms with Crippen molar-refractivity contribution in [3.05, 3.63) is 95.0 Å². The standard InChI is InChI=1S/C25H23NO5/c1-3-30-19-11-7-10-18(14-19)23(27)21-22(20-13-12-16(2)31-20)26(25(29)24(21)28)15-17-8-5-4-6-9-17/h4-14,22,27H,3,15H2,1-2H3. The normalized spacial score (nSPS) is 17.9. The summed E-state index contributed by atoms with van der Waals surface area (Å²) in [4.78, 5) is 27.5. The van der Waals surface area contributed by atoms with E-state index in [1.54, 1.807) is 43.3 Å². The van der Waals surface area contributed by atoms with Gasteiger partial charge in [-0.1, -0.05) is 42.5 Å². The van der Waals surface area contributed by atoms with Crippen LogP contribution < -0.4 is 4.74 Å². The zero-order valence-electron chi connectivity index (χ0n) is 17.4. The Labute approximate surface area is 180 Å². The number of Topliss-reactive ketones (excluding diaryl/α,β-unsaturated/α-hetero) is 1. The molecule has 2 heterocycles. The van der Waals surface area contributed by atoms with Gasteiger partial charge in [0.2, 0.25) is 0 Å². The summed E-state index contributed by atoms with van der Waals surface area (Å²) in [6.45, 7) is 4.34. The van der Waals surface area contributed by atoms with Gasteiger partial charge < -0.3 is 19.2 Å². The Bertz CT molecular complexity index is 1150. The smallest absolute Gasteiger partial charge is 0.296 e. The number of aliphatic hydroxyl groups excluding tert-OH is 1. The van der Waals surface area contributed by atoms with Crippen molar-refractivity contribution in [2.24, 2.45) is 0 Å². The Balaban J connectivity index is 1.83. The van der Waals surface area contributed by atoms with Crippen LogP contribution in [0.25, 0.3) is 5.76 Å². The molecule has 1 aliphatic rings. The molecule has 1 atom stereocenters. The number of hydrogen-bond acceptors (Lipinski definition) is 5. The highest BCUT2D eigenvalue weighted by molar-refractivity contribution is 6.46. The molecule has 1 aliphatic heterocycles. The molecule has 1 saturated heterocycles. The van der Waals surface area contributed by atoms with Crippen molar-refractivity contribution in [1.29, 1.82) is 0 Å². The molecule has 4 rings (SSSR count). The van der Waals surface area contributed by atoms with Crippen molar-refractivity contribution in [3.63, 3.8) is 0 Å². The van der Waals surface area contributed by atoms with Gasteiger partial charge >= 0.3 is 0 Å². The fourth-order valence-corrected chi connectivity index (χ4v) is 3.77. The molecule has 1 N–H and O–H groups in total. The van der Waals surface area contributed by atoms with Crippen LogP contribution in [0.3, 0.4) is 0 Å². The van der Waals surface area contributed by atoms with Crippen molar-refractivity contribution in [2.75, 3.05) is 6.61 Å². The van der Waals surface area contributed by atoms with Gasteiger partial charge in [-0.15, -0.1) is 0 Å². The van der Waals surface area contributed by atoms with E-state index >= 15 is 0 Å². The Kier molecular flexibility index (Phi) is 5.62. The van der Waals surface area contributed by atoms with Crippen LogP contribution >= 0.6 is 0 Å². The van der Waals surface area contributed by atoms with Gasteiger partial charge in [0.15, 0.2) is 0 Å². The number of hydrogen-bond donors (Lipinski definition) is 1. The minimum Gasteiger partial charge on any atom is -0.507 e. The van der Waals surface area contributed by atoms with Crippen molar-refractivity contribution in [2.45, 2.75) is 26.4 Å². The van der Waals surface area contributed by atoms with E-state index in [4.69, 9.17) is 9.15 Å². The van der Waals surface area contributed by atoms with E-state index in [-0.39, 0.29) is 17.9 Å². The molecule has 0 spiro atoms. The monoisotopic (exact) mass is 417 g/mol. The zero-order valence-corrected chi connectivity index (χ0v) is 17.4. The minimum absolute atomic E-state index is 0.00364. The molecule has 0 radical (unpaired) electrons. The van der Waals surface area contributed by atoms with Crippen LogP contribution in [0.1, 0.15) is 35.6 Å². The molecule has 6 nitrogen and oxygen atoms in total. The van der Waals surface area contributed by atoms with Crippen molar-refractivity contribution in [1.82, 2.24) is 4.90 Å². The van der Waals surface area contributed by atoms with Crippen molar-refractivity contribution < 1.29 is 23.8 Å². The van der Waals surface area contributed by atoms with Gasteiger partial charge in [0.05, 0.1) is 12.2 Å². The Morgan fingerprint density at radius 2 is 1.84 bits per heavy atom. The highest BCUT2D eigenvalue weighted by atomic mass is 16.5. The molecule has 2 aromatic carbocycles. The Morgan fingerprint density at radius 1 is 1.06 bits per heavy atom. The summed E-state index contributed by atoms with van der Waals surface area (Å²) in [5, 5.41) is 11.1. The van der Waals surface area contributed by atoms with Crippen molar-refractivity contribution in [3.8, 4) is 5.75 Å². The average Bonchev–Trinajstić information content (AvgIpc) is 3.31. The van der Waals surface area contributed by atoms with Gasteiger partial charge in [0.1, 0.15) is 29.1 Å². The molecule has 31 heavy (non-hydrogen) atoms. The first kappa shape index (κ1) is 20.5. The molecule has 1 amide bonds. The third-order valence-corrected chi connectivity index (χ3v) is 5.18. The number of furan rings is 1. The summed E-state index contributed by atoms with van der Waals surface area (Å²) in [5.74, 6) is -0.0292. The summed E-state index contributed by atoms with van der Waals surface area (Å²) >= 11 is 0. The number of rotatable bonds is 6. The number of ketones is 1. The molecule has 0 aliphatic carbocycles. The number of likely N-dealkylation sites (tertiary alicyclic amines) is 1. The van der Waals surface area contributed by atoms with Crippen LogP contribution in [-0.4, -0.2) is 28.3 Å². The van der Waals surface area contributed by atoms with Crippen LogP contribution in [0.5, 0.6) is 5.75 Å². The van der Waals surface area contributed by atoms with Gasteiger partial charge in [-0.25, -0.2) is 0 Å². The lowest BCUT2D eigenvalue weighted by Gasteiger charge is -2.23. The van der Waals surface area contributed by atoms with E-state index in [1.165, 1.54) is 4.90 Å². The number of carbonyl (C=O) groups excluding carboxylic acids is 2. The van der Waals surface area contributed by atoms with E-state index in [2.05, 4.69) is 0 Å². The summed E-state index contributed by atoms with van der Waals surface area (Å²) in [7, 11) is 0. The van der Waals surface area contributed by atoms with Gasteiger partial charge in [-0.2, -0.15) is 0 Å². The number of amides is 1. The first-order valence-corrected chi connectivity index (χ1v) is 10.1. The van der Waals surface area contributed by atoms with Crippen LogP contribution in [0.4, 0.5) is 0 Å². The molecule has 0 saturated carbocycles. The second kappa shape index (κ2) is 8.52. The fraction of sp³-hybridized carbons (Fsp3) is 0.200. The van der Waals surface area contributed by atoms with Crippen molar-refractivity contribution >= 4 is 17.4 Å². The lowest BCUT2D eigenvalue weighted by atomic mass is 9.99. The topological polar surface area (TPSA) is 80.0 Å². The quantitative estimate of drug-likeness (QED) is 0.360. The summed E-state index contributed by atoms with van der Waals surface area (Å²) in [6.07, 6.45) is 0. The highest BCUT2D eigenvalue weighted by Crippen LogP contribution is 2.41. The molecule has 1 unspecified atom stereocenters. The number of aliphatic hydroxyl groups is 1. The molecule has 0 bridgehead atoms. The molecule has 6 heteroatoms. The molecule has 3 aromatic rings. The third kappa shape index (κ3) is 3.97. The first-order valence-electron chi connectivity index (χ1n) is 10.1. The number of aryl methyl sites for hydroxylation is 1. The van der Waals surface area contributed by atoms with E-state index in [9.17, 15) is 14.7 Å². The number of carbonyl (C=O) groups is 2. The summed E-state index contributed by atoms with van der Waals surface area (Å²) in [6, 6.07) is 18.9. The van der Waals surface area contributed by atoms with Crippen LogP contribution in [0.2, 0.25) is 0 Å². The van der Waals surface area contributed by atoms with E-state index in [0.717, 1.165) is 5.56 Å². The largest absolute Gasteiger partial charge is 0.507 e. The number of ether oxygens (including phenoxy) is 1. The second-order valence-corrected chi connectivity index (χ2v) is 7.32. The zero-order chi connectivity index (χ0) is 22.0. The highest BCUT2D eigenvalue weighted by Gasteiger charge is 2.47. The van der Waals surface area contributed by atoms with Crippen LogP contribution in [0, 0.1) is 6.92 Å². The van der Waals surface area contributed by atoms with E-state index < -0.39 is 17.7 Å². The maximum absolute atomic E-state index is 13.0. The average molecular weight is 417 g/mol. The lowest BCUT2D eigenvalue weighted by Crippen LogP contribution is -2.29. The Morgan fingerprint density at radius 3 is 2.52 bits per heavy atom. The number of benzene rings is 2. The van der Waals surface area contributed by atoms with Crippen LogP contribution in [-0.2, 0) is 16.1 Å².